The number of hydrogen-bond acceptors (Lipinski definition) is 3. The van der Waals surface area contributed by atoms with E-state index < -0.39 is 34.6 Å². The van der Waals surface area contributed by atoms with Gasteiger partial charge in [0.1, 0.15) is 0 Å². The van der Waals surface area contributed by atoms with Gasteiger partial charge in [0, 0.05) is 56.2 Å². The largest absolute Gasteiger partial charge is 0.417 e. The van der Waals surface area contributed by atoms with Crippen molar-refractivity contribution in [3.05, 3.63) is 229 Å². The molecule has 0 unspecified atom stereocenters. The lowest BCUT2D eigenvalue weighted by molar-refractivity contribution is -0.142. The zero-order valence-corrected chi connectivity index (χ0v) is 37.7. The minimum atomic E-state index is -5.21. The highest BCUT2D eigenvalue weighted by Gasteiger charge is 2.42. The number of alkyl halides is 6. The number of aromatic nitrogens is 4. The van der Waals surface area contributed by atoms with E-state index in [0.717, 1.165) is 72.4 Å². The Hall–Kier alpha value is -9.27. The predicted octanol–water partition coefficient (Wildman–Crippen LogP) is 16.9. The predicted molar refractivity (Wildman–Crippen MR) is 273 cm³/mol. The van der Waals surface area contributed by atoms with Crippen molar-refractivity contribution >= 4 is 43.6 Å². The first-order valence-electron chi connectivity index (χ1n) is 22.9. The van der Waals surface area contributed by atoms with Crippen LogP contribution in [0.5, 0.6) is 0 Å². The lowest BCUT2D eigenvalue weighted by Gasteiger charge is -2.23. The van der Waals surface area contributed by atoms with Crippen LogP contribution in [0.1, 0.15) is 16.7 Å². The Morgan fingerprint density at radius 1 is 0.375 bits per heavy atom. The fourth-order valence-corrected chi connectivity index (χ4v) is 10.1. The van der Waals surface area contributed by atoms with E-state index in [2.05, 4.69) is 16.0 Å². The normalized spacial score (nSPS) is 12.0. The van der Waals surface area contributed by atoms with Gasteiger partial charge in [-0.2, -0.15) is 31.6 Å². The number of benzene rings is 8. The second kappa shape index (κ2) is 17.0. The number of rotatable bonds is 7. The highest BCUT2D eigenvalue weighted by Crippen LogP contribution is 2.48. The van der Waals surface area contributed by atoms with E-state index in [4.69, 9.17) is 0 Å². The van der Waals surface area contributed by atoms with Crippen molar-refractivity contribution < 1.29 is 26.3 Å². The topological polar surface area (TPSA) is 59.4 Å². The quantitative estimate of drug-likeness (QED) is 0.150. The summed E-state index contributed by atoms with van der Waals surface area (Å²) in [7, 11) is 0. The highest BCUT2D eigenvalue weighted by molar-refractivity contribution is 6.13. The first-order valence-corrected chi connectivity index (χ1v) is 22.9. The zero-order chi connectivity index (χ0) is 49.3. The summed E-state index contributed by atoms with van der Waals surface area (Å²) in [5.74, 6) is 0. The molecule has 0 saturated heterocycles. The number of nitriles is 1. The molecule has 72 heavy (non-hydrogen) atoms. The van der Waals surface area contributed by atoms with Gasteiger partial charge in [-0.15, -0.1) is 0 Å². The van der Waals surface area contributed by atoms with Crippen molar-refractivity contribution in [3.8, 4) is 73.3 Å². The summed E-state index contributed by atoms with van der Waals surface area (Å²) in [4.78, 5) is 9.25. The molecule has 0 N–H and O–H groups in total. The minimum absolute atomic E-state index is 0.247. The van der Waals surface area contributed by atoms with E-state index in [1.165, 1.54) is 12.1 Å². The molecule has 12 aromatic rings. The number of halogens is 6. The van der Waals surface area contributed by atoms with Gasteiger partial charge < -0.3 is 9.13 Å². The maximum absolute atomic E-state index is 15.1. The molecule has 12 rings (SSSR count). The average Bonchev–Trinajstić information content (AvgIpc) is 3.92. The number of nitrogens with zero attached hydrogens (tertiary/aromatic N) is 5. The standard InChI is InChI=1S/C61H35F6N5/c62-60(63,64)49-18-11-19-50(61(65,66)67)59(49)46-35-58(72-54-21-10-8-17-45(54)48-31-40(23-25-56(48)72)42-27-29-70-52(33-42)38-14-5-2-6-15-38)57(34-43(46)36-68)71-53-20-9-7-16-44(53)47-30-39(22-24-55(47)71)41-26-28-69-51(32-41)37-12-3-1-4-13-37/h1-35H. The van der Waals surface area contributed by atoms with Crippen LogP contribution in [0, 0.1) is 11.3 Å². The molecular formula is C61H35F6N5. The SMILES string of the molecule is N#Cc1cc(-n2c3ccccc3c3cc(-c4ccnc(-c5ccccc5)c4)ccc32)c(-n2c3ccccc3c3cc(-c4ccnc(-c5ccccc5)c4)ccc32)cc1-c1c(C(F)(F)F)cccc1C(F)(F)F. The van der Waals surface area contributed by atoms with Crippen LogP contribution in [0.2, 0.25) is 0 Å². The van der Waals surface area contributed by atoms with Crippen molar-refractivity contribution in [1.82, 2.24) is 19.1 Å². The molecule has 346 valence electrons. The molecule has 0 fully saturated rings. The molecule has 0 aliphatic rings. The van der Waals surface area contributed by atoms with Crippen LogP contribution in [0.4, 0.5) is 26.3 Å². The van der Waals surface area contributed by atoms with Gasteiger partial charge in [-0.1, -0.05) is 115 Å². The Kier molecular flexibility index (Phi) is 10.4. The van der Waals surface area contributed by atoms with Gasteiger partial charge in [-0.25, -0.2) is 0 Å². The Labute approximate surface area is 407 Å². The average molecular weight is 952 g/mol. The van der Waals surface area contributed by atoms with Crippen LogP contribution in [-0.2, 0) is 12.4 Å². The molecule has 4 aromatic heterocycles. The Morgan fingerprint density at radius 3 is 1.25 bits per heavy atom. The molecule has 0 spiro atoms. The van der Waals surface area contributed by atoms with Crippen molar-refractivity contribution in [1.29, 1.82) is 5.26 Å². The molecule has 0 atom stereocenters. The number of pyridine rings is 2. The van der Waals surface area contributed by atoms with Crippen molar-refractivity contribution in [3.63, 3.8) is 0 Å². The number of hydrogen-bond donors (Lipinski definition) is 0. The smallest absolute Gasteiger partial charge is 0.307 e. The van der Waals surface area contributed by atoms with E-state index >= 15 is 26.3 Å². The fourth-order valence-electron chi connectivity index (χ4n) is 10.1. The maximum atomic E-state index is 15.1. The van der Waals surface area contributed by atoms with Gasteiger partial charge >= 0.3 is 12.4 Å². The first kappa shape index (κ1) is 44.0. The van der Waals surface area contributed by atoms with Crippen molar-refractivity contribution in [2.24, 2.45) is 0 Å². The molecule has 8 aromatic carbocycles. The van der Waals surface area contributed by atoms with Crippen LogP contribution in [0.3, 0.4) is 0 Å². The summed E-state index contributed by atoms with van der Waals surface area (Å²) in [6.45, 7) is 0. The highest BCUT2D eigenvalue weighted by atomic mass is 19.4. The van der Waals surface area contributed by atoms with E-state index in [1.54, 1.807) is 12.4 Å². The molecular weight excluding hydrogens is 917 g/mol. The number of para-hydroxylation sites is 2. The Balaban J connectivity index is 1.15. The van der Waals surface area contributed by atoms with Gasteiger partial charge in [-0.3, -0.25) is 9.97 Å². The fraction of sp³-hybridized carbons (Fsp3) is 0.0328. The summed E-state index contributed by atoms with van der Waals surface area (Å²) in [6.07, 6.45) is -6.91. The maximum Gasteiger partial charge on any atom is 0.417 e. The molecule has 0 saturated carbocycles. The monoisotopic (exact) mass is 951 g/mol. The van der Waals surface area contributed by atoms with E-state index in [-0.39, 0.29) is 11.3 Å². The molecule has 0 bridgehead atoms. The van der Waals surface area contributed by atoms with Crippen LogP contribution < -0.4 is 0 Å². The van der Waals surface area contributed by atoms with Crippen molar-refractivity contribution in [2.75, 3.05) is 0 Å². The Morgan fingerprint density at radius 2 is 0.792 bits per heavy atom. The van der Waals surface area contributed by atoms with E-state index in [9.17, 15) is 5.26 Å². The Bertz CT molecular complexity index is 4110. The number of fused-ring (bicyclic) bond motifs is 6. The molecule has 0 aliphatic heterocycles. The third kappa shape index (κ3) is 7.43. The zero-order valence-electron chi connectivity index (χ0n) is 37.7. The van der Waals surface area contributed by atoms with Gasteiger partial charge in [0.2, 0.25) is 0 Å². The second-order valence-corrected chi connectivity index (χ2v) is 17.5. The van der Waals surface area contributed by atoms with Crippen LogP contribution in [0.15, 0.2) is 213 Å². The van der Waals surface area contributed by atoms with Gasteiger partial charge in [-0.05, 0) is 107 Å². The molecule has 0 aliphatic carbocycles. The molecule has 11 heteroatoms. The summed E-state index contributed by atoms with van der Waals surface area (Å²) >= 11 is 0. The van der Waals surface area contributed by atoms with Crippen molar-refractivity contribution in [2.45, 2.75) is 12.4 Å². The van der Waals surface area contributed by atoms with Gasteiger partial charge in [0.15, 0.2) is 0 Å². The van der Waals surface area contributed by atoms with Crippen LogP contribution >= 0.6 is 0 Å². The first-order chi connectivity index (χ1) is 34.9. The third-order valence-electron chi connectivity index (χ3n) is 13.3. The summed E-state index contributed by atoms with van der Waals surface area (Å²) in [5.41, 5.74) is 5.24. The van der Waals surface area contributed by atoms with E-state index in [0.29, 0.717) is 39.9 Å². The molecule has 0 amide bonds. The summed E-state index contributed by atoms with van der Waals surface area (Å²) in [6, 6.07) is 61.3. The molecule has 0 radical (unpaired) electrons. The lowest BCUT2D eigenvalue weighted by Crippen LogP contribution is -2.15. The van der Waals surface area contributed by atoms with Crippen LogP contribution in [0.25, 0.3) is 111 Å². The van der Waals surface area contributed by atoms with Gasteiger partial charge in [0.05, 0.1) is 67.6 Å². The summed E-state index contributed by atoms with van der Waals surface area (Å²) < 4.78 is 94.3. The van der Waals surface area contributed by atoms with Crippen LogP contribution in [-0.4, -0.2) is 19.1 Å². The molecule has 5 nitrogen and oxygen atoms in total. The third-order valence-corrected chi connectivity index (χ3v) is 13.3. The lowest BCUT2D eigenvalue weighted by atomic mass is 9.89. The van der Waals surface area contributed by atoms with E-state index in [1.807, 2.05) is 179 Å². The molecule has 4 heterocycles. The second-order valence-electron chi connectivity index (χ2n) is 17.5. The summed E-state index contributed by atoms with van der Waals surface area (Å²) in [5, 5.41) is 14.2. The van der Waals surface area contributed by atoms with Gasteiger partial charge in [0.25, 0.3) is 0 Å². The minimum Gasteiger partial charge on any atom is -0.307 e.